The zero-order valence-corrected chi connectivity index (χ0v) is 16.8. The quantitative estimate of drug-likeness (QED) is 0.592. The van der Waals surface area contributed by atoms with Gasteiger partial charge in [-0.15, -0.1) is 0 Å². The Morgan fingerprint density at radius 2 is 1.82 bits per heavy atom. The topological polar surface area (TPSA) is 80.7 Å². The SMILES string of the molecule is Cc1cc(C(CNc2cnc3ccccc3c2)P2(=O)OCCO2)cc(C)c1O. The number of rotatable bonds is 5. The second-order valence-electron chi connectivity index (χ2n) is 7.02. The number of benzene rings is 2. The van der Waals surface area contributed by atoms with Gasteiger partial charge in [0.15, 0.2) is 0 Å². The highest BCUT2D eigenvalue weighted by atomic mass is 31.2. The Bertz CT molecular complexity index is 1040. The third-order valence-electron chi connectivity index (χ3n) is 5.00. The fourth-order valence-corrected chi connectivity index (χ4v) is 5.44. The molecule has 1 aromatic heterocycles. The van der Waals surface area contributed by atoms with E-state index in [0.29, 0.717) is 19.8 Å². The van der Waals surface area contributed by atoms with Crippen molar-refractivity contribution >= 4 is 24.2 Å². The summed E-state index contributed by atoms with van der Waals surface area (Å²) in [6.45, 7) is 4.66. The summed E-state index contributed by atoms with van der Waals surface area (Å²) >= 11 is 0. The fraction of sp³-hybridized carbons (Fsp3) is 0.286. The number of phenols is 1. The van der Waals surface area contributed by atoms with Crippen LogP contribution in [0.4, 0.5) is 5.69 Å². The van der Waals surface area contributed by atoms with Crippen molar-refractivity contribution < 1.29 is 18.7 Å². The standard InChI is InChI=1S/C21H23N2O4P/c1-14-9-17(10-15(2)21(14)24)20(28(25)26-7-8-27-28)13-22-18-11-16-5-3-4-6-19(16)23-12-18/h3-6,9-12,20,22,24H,7-8,13H2,1-2H3. The van der Waals surface area contributed by atoms with Crippen LogP contribution in [0.2, 0.25) is 0 Å². The van der Waals surface area contributed by atoms with Gasteiger partial charge in [-0.05, 0) is 42.7 Å². The first-order chi connectivity index (χ1) is 13.5. The number of para-hydroxylation sites is 1. The number of nitrogens with zero attached hydrogens (tertiary/aromatic N) is 1. The maximum Gasteiger partial charge on any atom is 0.340 e. The van der Waals surface area contributed by atoms with Crippen LogP contribution in [0.25, 0.3) is 10.9 Å². The molecule has 0 bridgehead atoms. The molecule has 7 heteroatoms. The molecule has 28 heavy (non-hydrogen) atoms. The lowest BCUT2D eigenvalue weighted by atomic mass is 10.0. The van der Waals surface area contributed by atoms with E-state index in [0.717, 1.165) is 33.3 Å². The van der Waals surface area contributed by atoms with Crippen LogP contribution < -0.4 is 5.32 Å². The molecule has 3 aromatic rings. The molecule has 1 fully saturated rings. The van der Waals surface area contributed by atoms with Crippen LogP contribution in [-0.4, -0.2) is 29.8 Å². The van der Waals surface area contributed by atoms with Gasteiger partial charge in [-0.25, -0.2) is 0 Å². The van der Waals surface area contributed by atoms with Crippen molar-refractivity contribution in [1.29, 1.82) is 0 Å². The summed E-state index contributed by atoms with van der Waals surface area (Å²) in [4.78, 5) is 4.46. The third kappa shape index (κ3) is 3.63. The number of pyridine rings is 1. The predicted octanol–water partition coefficient (Wildman–Crippen LogP) is 4.95. The van der Waals surface area contributed by atoms with Crippen LogP contribution in [0.5, 0.6) is 5.75 Å². The Labute approximate surface area is 164 Å². The van der Waals surface area contributed by atoms with E-state index < -0.39 is 13.3 Å². The van der Waals surface area contributed by atoms with Gasteiger partial charge in [0.25, 0.3) is 0 Å². The number of hydrogen-bond acceptors (Lipinski definition) is 6. The minimum Gasteiger partial charge on any atom is -0.507 e. The number of aryl methyl sites for hydroxylation is 2. The molecule has 0 amide bonds. The van der Waals surface area contributed by atoms with Crippen LogP contribution in [0, 0.1) is 13.8 Å². The van der Waals surface area contributed by atoms with Crippen LogP contribution >= 0.6 is 7.60 Å². The predicted molar refractivity (Wildman–Crippen MR) is 110 cm³/mol. The number of aromatic hydroxyl groups is 1. The molecule has 1 unspecified atom stereocenters. The molecule has 2 heterocycles. The molecule has 4 rings (SSSR count). The first-order valence-corrected chi connectivity index (χ1v) is 10.8. The highest BCUT2D eigenvalue weighted by Gasteiger charge is 2.41. The van der Waals surface area contributed by atoms with Gasteiger partial charge in [-0.2, -0.15) is 0 Å². The molecular weight excluding hydrogens is 375 g/mol. The Hall–Kier alpha value is -2.40. The molecule has 6 nitrogen and oxygen atoms in total. The van der Waals surface area contributed by atoms with Crippen LogP contribution in [0.15, 0.2) is 48.7 Å². The van der Waals surface area contributed by atoms with E-state index in [1.54, 1.807) is 6.20 Å². The fourth-order valence-electron chi connectivity index (χ4n) is 3.52. The third-order valence-corrected chi connectivity index (χ3v) is 7.32. The zero-order valence-electron chi connectivity index (χ0n) is 15.9. The van der Waals surface area contributed by atoms with Crippen molar-refractivity contribution in [2.75, 3.05) is 25.1 Å². The maximum absolute atomic E-state index is 13.3. The van der Waals surface area contributed by atoms with Gasteiger partial charge in [0.2, 0.25) is 0 Å². The molecule has 0 radical (unpaired) electrons. The van der Waals surface area contributed by atoms with Gasteiger partial charge in [0, 0.05) is 11.9 Å². The molecule has 146 valence electrons. The number of nitrogens with one attached hydrogen (secondary N) is 1. The summed E-state index contributed by atoms with van der Waals surface area (Å²) in [5, 5.41) is 14.5. The van der Waals surface area contributed by atoms with Gasteiger partial charge in [0.05, 0.1) is 30.6 Å². The van der Waals surface area contributed by atoms with Crippen molar-refractivity contribution in [2.24, 2.45) is 0 Å². The van der Waals surface area contributed by atoms with E-state index in [2.05, 4.69) is 10.3 Å². The van der Waals surface area contributed by atoms with Crippen LogP contribution in [0.1, 0.15) is 22.3 Å². The van der Waals surface area contributed by atoms with Crippen molar-refractivity contribution in [2.45, 2.75) is 19.5 Å². The summed E-state index contributed by atoms with van der Waals surface area (Å²) in [6.07, 6.45) is 1.76. The molecule has 2 aromatic carbocycles. The summed E-state index contributed by atoms with van der Waals surface area (Å²) < 4.78 is 24.4. The zero-order chi connectivity index (χ0) is 19.7. The van der Waals surface area contributed by atoms with Crippen molar-refractivity contribution in [1.82, 2.24) is 4.98 Å². The number of phenolic OH excluding ortho intramolecular Hbond substituents is 1. The molecule has 1 aliphatic heterocycles. The summed E-state index contributed by atoms with van der Waals surface area (Å²) in [5.41, 5.74) is 3.56. The average Bonchev–Trinajstić information content (AvgIpc) is 3.13. The lowest BCUT2D eigenvalue weighted by Crippen LogP contribution is -2.14. The highest BCUT2D eigenvalue weighted by Crippen LogP contribution is 2.63. The summed E-state index contributed by atoms with van der Waals surface area (Å²) in [7, 11) is -3.31. The lowest BCUT2D eigenvalue weighted by molar-refractivity contribution is 0.340. The average molecular weight is 398 g/mol. The van der Waals surface area contributed by atoms with Crippen molar-refractivity contribution in [3.63, 3.8) is 0 Å². The van der Waals surface area contributed by atoms with Gasteiger partial charge >= 0.3 is 7.60 Å². The monoisotopic (exact) mass is 398 g/mol. The normalized spacial score (nSPS) is 16.9. The molecular formula is C21H23N2O4P. The van der Waals surface area contributed by atoms with Gasteiger partial charge in [-0.1, -0.05) is 30.3 Å². The summed E-state index contributed by atoms with van der Waals surface area (Å²) in [6, 6.07) is 13.6. The van der Waals surface area contributed by atoms with Gasteiger partial charge in [0.1, 0.15) is 11.4 Å². The van der Waals surface area contributed by atoms with Crippen molar-refractivity contribution in [3.05, 3.63) is 65.4 Å². The van der Waals surface area contributed by atoms with E-state index in [4.69, 9.17) is 9.05 Å². The Balaban J connectivity index is 1.65. The number of anilines is 1. The molecule has 1 saturated heterocycles. The van der Waals surface area contributed by atoms with E-state index in [9.17, 15) is 9.67 Å². The smallest absolute Gasteiger partial charge is 0.340 e. The van der Waals surface area contributed by atoms with E-state index >= 15 is 0 Å². The minimum atomic E-state index is -3.31. The van der Waals surface area contributed by atoms with E-state index in [1.165, 1.54) is 0 Å². The minimum absolute atomic E-state index is 0.251. The summed E-state index contributed by atoms with van der Waals surface area (Å²) in [5.74, 6) is 0.251. The maximum atomic E-state index is 13.3. The molecule has 0 saturated carbocycles. The van der Waals surface area contributed by atoms with Gasteiger partial charge in [-0.3, -0.25) is 9.55 Å². The largest absolute Gasteiger partial charge is 0.507 e. The Kier molecular flexibility index (Phi) is 5.11. The number of hydrogen-bond donors (Lipinski definition) is 2. The lowest BCUT2D eigenvalue weighted by Gasteiger charge is -2.24. The first kappa shape index (κ1) is 18.9. The van der Waals surface area contributed by atoms with E-state index in [1.807, 2.05) is 56.3 Å². The Morgan fingerprint density at radius 1 is 1.14 bits per heavy atom. The van der Waals surface area contributed by atoms with Crippen LogP contribution in [-0.2, 0) is 13.6 Å². The second-order valence-corrected chi connectivity index (χ2v) is 9.24. The molecule has 0 spiro atoms. The number of fused-ring (bicyclic) bond motifs is 1. The molecule has 1 atom stereocenters. The molecule has 0 aliphatic carbocycles. The second kappa shape index (κ2) is 7.55. The molecule has 2 N–H and O–H groups in total. The first-order valence-electron chi connectivity index (χ1n) is 9.24. The van der Waals surface area contributed by atoms with E-state index in [-0.39, 0.29) is 5.75 Å². The van der Waals surface area contributed by atoms with Gasteiger partial charge < -0.3 is 19.5 Å². The highest BCUT2D eigenvalue weighted by molar-refractivity contribution is 7.54. The Morgan fingerprint density at radius 3 is 2.54 bits per heavy atom. The molecule has 1 aliphatic rings. The van der Waals surface area contributed by atoms with Crippen molar-refractivity contribution in [3.8, 4) is 5.75 Å². The number of aromatic nitrogens is 1. The van der Waals surface area contributed by atoms with Crippen LogP contribution in [0.3, 0.4) is 0 Å².